The molecule has 1 N–H and O–H groups in total. The number of carbonyl (C=O) groups excluding carboxylic acids is 3. The molecule has 7 heteroatoms. The highest BCUT2D eigenvalue weighted by Crippen LogP contribution is 2.43. The molecule has 1 amide bonds. The van der Waals surface area contributed by atoms with Crippen molar-refractivity contribution in [3.63, 3.8) is 0 Å². The number of hydrogen-bond acceptors (Lipinski definition) is 5. The first-order chi connectivity index (χ1) is 13.4. The summed E-state index contributed by atoms with van der Waals surface area (Å²) >= 11 is 0. The molecule has 0 aliphatic heterocycles. The SMILES string of the molecule is CC[C@H](C)[C@H](NC(=O)COC(=O)C1(c2ccccc2F)CCCC1)C(=O)OC. The third-order valence-electron chi connectivity index (χ3n) is 5.56. The van der Waals surface area contributed by atoms with E-state index in [-0.39, 0.29) is 5.92 Å². The molecule has 0 saturated heterocycles. The maximum absolute atomic E-state index is 14.3. The average molecular weight is 393 g/mol. The molecule has 154 valence electrons. The molecule has 0 bridgehead atoms. The van der Waals surface area contributed by atoms with Gasteiger partial charge in [0.05, 0.1) is 12.5 Å². The smallest absolute Gasteiger partial charge is 0.328 e. The second kappa shape index (κ2) is 9.66. The molecule has 2 atom stereocenters. The zero-order chi connectivity index (χ0) is 20.7. The second-order valence-electron chi connectivity index (χ2n) is 7.30. The summed E-state index contributed by atoms with van der Waals surface area (Å²) in [7, 11) is 1.25. The zero-order valence-corrected chi connectivity index (χ0v) is 16.6. The van der Waals surface area contributed by atoms with E-state index < -0.39 is 41.7 Å². The maximum atomic E-state index is 14.3. The van der Waals surface area contributed by atoms with Crippen molar-refractivity contribution in [2.75, 3.05) is 13.7 Å². The summed E-state index contributed by atoms with van der Waals surface area (Å²) in [5.74, 6) is -2.33. The number of ether oxygens (including phenoxy) is 2. The first-order valence-corrected chi connectivity index (χ1v) is 9.65. The summed E-state index contributed by atoms with van der Waals surface area (Å²) in [5.41, 5.74) is -0.755. The zero-order valence-electron chi connectivity index (χ0n) is 16.6. The van der Waals surface area contributed by atoms with E-state index in [1.807, 2.05) is 13.8 Å². The van der Waals surface area contributed by atoms with Crippen molar-refractivity contribution < 1.29 is 28.2 Å². The van der Waals surface area contributed by atoms with Gasteiger partial charge in [0.15, 0.2) is 6.61 Å². The fraction of sp³-hybridized carbons (Fsp3) is 0.571. The number of carbonyl (C=O) groups is 3. The number of benzene rings is 1. The molecule has 1 aliphatic rings. The van der Waals surface area contributed by atoms with Gasteiger partial charge in [-0.3, -0.25) is 9.59 Å². The minimum atomic E-state index is -1.07. The van der Waals surface area contributed by atoms with Gasteiger partial charge in [0.1, 0.15) is 11.9 Å². The third-order valence-corrected chi connectivity index (χ3v) is 5.56. The van der Waals surface area contributed by atoms with Crippen molar-refractivity contribution in [1.82, 2.24) is 5.32 Å². The quantitative estimate of drug-likeness (QED) is 0.687. The number of amides is 1. The van der Waals surface area contributed by atoms with Crippen LogP contribution in [0.5, 0.6) is 0 Å². The molecule has 0 radical (unpaired) electrons. The van der Waals surface area contributed by atoms with Crippen LogP contribution in [-0.2, 0) is 29.3 Å². The Balaban J connectivity index is 2.06. The highest BCUT2D eigenvalue weighted by Gasteiger charge is 2.46. The summed E-state index contributed by atoms with van der Waals surface area (Å²) in [6.07, 6.45) is 3.19. The molecule has 1 saturated carbocycles. The fourth-order valence-corrected chi connectivity index (χ4v) is 3.69. The minimum Gasteiger partial charge on any atom is -0.467 e. The lowest BCUT2D eigenvalue weighted by Crippen LogP contribution is -2.47. The highest BCUT2D eigenvalue weighted by molar-refractivity contribution is 5.89. The number of esters is 2. The van der Waals surface area contributed by atoms with Crippen LogP contribution >= 0.6 is 0 Å². The van der Waals surface area contributed by atoms with E-state index >= 15 is 0 Å². The molecule has 0 heterocycles. The Morgan fingerprint density at radius 1 is 1.21 bits per heavy atom. The number of nitrogens with one attached hydrogen (secondary N) is 1. The van der Waals surface area contributed by atoms with Gasteiger partial charge in [0, 0.05) is 5.56 Å². The normalized spacial score (nSPS) is 17.4. The van der Waals surface area contributed by atoms with Crippen LogP contribution in [0.25, 0.3) is 0 Å². The second-order valence-corrected chi connectivity index (χ2v) is 7.30. The van der Waals surface area contributed by atoms with E-state index in [1.165, 1.54) is 13.2 Å². The molecule has 28 heavy (non-hydrogen) atoms. The lowest BCUT2D eigenvalue weighted by atomic mass is 9.78. The van der Waals surface area contributed by atoms with Crippen molar-refractivity contribution in [1.29, 1.82) is 0 Å². The van der Waals surface area contributed by atoms with Crippen molar-refractivity contribution >= 4 is 17.8 Å². The molecular weight excluding hydrogens is 365 g/mol. The predicted molar refractivity (Wildman–Crippen MR) is 101 cm³/mol. The lowest BCUT2D eigenvalue weighted by molar-refractivity contribution is -0.155. The summed E-state index contributed by atoms with van der Waals surface area (Å²) in [5, 5.41) is 2.56. The summed E-state index contributed by atoms with van der Waals surface area (Å²) < 4.78 is 24.3. The van der Waals surface area contributed by atoms with Crippen molar-refractivity contribution in [2.45, 2.75) is 57.4 Å². The number of rotatable bonds is 8. The predicted octanol–water partition coefficient (Wildman–Crippen LogP) is 2.88. The fourth-order valence-electron chi connectivity index (χ4n) is 3.69. The summed E-state index contributed by atoms with van der Waals surface area (Å²) in [6.45, 7) is 3.18. The molecule has 1 aromatic carbocycles. The van der Waals surface area contributed by atoms with Crippen LogP contribution in [0.4, 0.5) is 4.39 Å². The van der Waals surface area contributed by atoms with Gasteiger partial charge in [0.25, 0.3) is 5.91 Å². The Hall–Kier alpha value is -2.44. The minimum absolute atomic E-state index is 0.133. The van der Waals surface area contributed by atoms with Gasteiger partial charge in [0.2, 0.25) is 0 Å². The average Bonchev–Trinajstić information content (AvgIpc) is 3.20. The van der Waals surface area contributed by atoms with E-state index in [2.05, 4.69) is 5.32 Å². The summed E-state index contributed by atoms with van der Waals surface area (Å²) in [6, 6.07) is 5.36. The van der Waals surface area contributed by atoms with Crippen molar-refractivity contribution in [3.8, 4) is 0 Å². The molecule has 1 aromatic rings. The molecule has 0 aromatic heterocycles. The van der Waals surface area contributed by atoms with E-state index in [0.29, 0.717) is 24.8 Å². The largest absolute Gasteiger partial charge is 0.467 e. The number of halogens is 1. The number of hydrogen-bond donors (Lipinski definition) is 1. The number of methoxy groups -OCH3 is 1. The van der Waals surface area contributed by atoms with E-state index in [0.717, 1.165) is 12.8 Å². The van der Waals surface area contributed by atoms with Gasteiger partial charge in [-0.15, -0.1) is 0 Å². The monoisotopic (exact) mass is 393 g/mol. The van der Waals surface area contributed by atoms with Crippen LogP contribution in [0.15, 0.2) is 24.3 Å². The van der Waals surface area contributed by atoms with Gasteiger partial charge >= 0.3 is 11.9 Å². The topological polar surface area (TPSA) is 81.7 Å². The Labute approximate surface area is 164 Å². The molecule has 1 fully saturated rings. The van der Waals surface area contributed by atoms with Gasteiger partial charge < -0.3 is 14.8 Å². The van der Waals surface area contributed by atoms with Crippen LogP contribution < -0.4 is 5.32 Å². The van der Waals surface area contributed by atoms with Crippen LogP contribution in [-0.4, -0.2) is 37.6 Å². The Morgan fingerprint density at radius 3 is 2.43 bits per heavy atom. The molecule has 1 aliphatic carbocycles. The van der Waals surface area contributed by atoms with E-state index in [1.54, 1.807) is 18.2 Å². The first-order valence-electron chi connectivity index (χ1n) is 9.65. The van der Waals surface area contributed by atoms with Crippen LogP contribution in [0.2, 0.25) is 0 Å². The Bertz CT molecular complexity index is 715. The van der Waals surface area contributed by atoms with E-state index in [4.69, 9.17) is 9.47 Å². The van der Waals surface area contributed by atoms with Gasteiger partial charge in [-0.25, -0.2) is 9.18 Å². The highest BCUT2D eigenvalue weighted by atomic mass is 19.1. The molecule has 0 unspecified atom stereocenters. The first kappa shape index (κ1) is 21.9. The Morgan fingerprint density at radius 2 is 1.86 bits per heavy atom. The van der Waals surface area contributed by atoms with Crippen LogP contribution in [0.1, 0.15) is 51.5 Å². The van der Waals surface area contributed by atoms with Gasteiger partial charge in [-0.2, -0.15) is 0 Å². The Kier molecular flexibility index (Phi) is 7.54. The molecule has 6 nitrogen and oxygen atoms in total. The van der Waals surface area contributed by atoms with Gasteiger partial charge in [-0.1, -0.05) is 51.3 Å². The van der Waals surface area contributed by atoms with Crippen LogP contribution in [0, 0.1) is 11.7 Å². The maximum Gasteiger partial charge on any atom is 0.328 e. The van der Waals surface area contributed by atoms with Gasteiger partial charge in [-0.05, 0) is 24.8 Å². The standard InChI is InChI=1S/C21H28FNO5/c1-4-14(2)18(19(25)27-3)23-17(24)13-28-20(26)21(11-7-8-12-21)15-9-5-6-10-16(15)22/h5-6,9-10,14,18H,4,7-8,11-13H2,1-3H3,(H,23,24)/t14-,18-/m0/s1. The lowest BCUT2D eigenvalue weighted by Gasteiger charge is -2.28. The third kappa shape index (κ3) is 4.69. The summed E-state index contributed by atoms with van der Waals surface area (Å²) in [4.78, 5) is 37.0. The molecule has 2 rings (SSSR count). The van der Waals surface area contributed by atoms with Crippen molar-refractivity contribution in [2.24, 2.45) is 5.92 Å². The van der Waals surface area contributed by atoms with E-state index in [9.17, 15) is 18.8 Å². The molecule has 0 spiro atoms. The van der Waals surface area contributed by atoms with Crippen LogP contribution in [0.3, 0.4) is 0 Å². The van der Waals surface area contributed by atoms with Crippen molar-refractivity contribution in [3.05, 3.63) is 35.6 Å². The molecular formula is C21H28FNO5.